The molecule has 6 nitrogen and oxygen atoms in total. The van der Waals surface area contributed by atoms with Gasteiger partial charge in [0.15, 0.2) is 0 Å². The van der Waals surface area contributed by atoms with Gasteiger partial charge in [0, 0.05) is 18.7 Å². The summed E-state index contributed by atoms with van der Waals surface area (Å²) < 4.78 is 20.8. The Labute approximate surface area is 188 Å². The lowest BCUT2D eigenvalue weighted by atomic mass is 10.0. The first-order valence-electron chi connectivity index (χ1n) is 10.1. The Morgan fingerprint density at radius 2 is 2.16 bits per heavy atom. The second-order valence-electron chi connectivity index (χ2n) is 7.46. The largest absolute Gasteiger partial charge is 0.463 e. The highest BCUT2D eigenvalue weighted by molar-refractivity contribution is 7.07. The maximum atomic E-state index is 14.2. The molecule has 0 radical (unpaired) electrons. The van der Waals surface area contributed by atoms with Crippen molar-refractivity contribution in [1.82, 2.24) is 9.47 Å². The summed E-state index contributed by atoms with van der Waals surface area (Å²) >= 11 is 7.07. The van der Waals surface area contributed by atoms with Crippen molar-refractivity contribution in [3.05, 3.63) is 54.2 Å². The molecular formula is C22H24ClFN2O4S. The van der Waals surface area contributed by atoms with Crippen molar-refractivity contribution in [2.75, 3.05) is 19.7 Å². The van der Waals surface area contributed by atoms with Crippen LogP contribution < -0.4 is 14.8 Å². The summed E-state index contributed by atoms with van der Waals surface area (Å²) in [4.78, 5) is 39.7. The molecule has 1 aliphatic rings. The number of piperidine rings is 1. The lowest BCUT2D eigenvalue weighted by Gasteiger charge is -2.31. The van der Waals surface area contributed by atoms with Gasteiger partial charge in [-0.2, -0.15) is 0 Å². The highest BCUT2D eigenvalue weighted by Gasteiger charge is 2.22. The van der Waals surface area contributed by atoms with E-state index in [4.69, 9.17) is 16.3 Å². The topological polar surface area (TPSA) is 68.6 Å². The summed E-state index contributed by atoms with van der Waals surface area (Å²) in [6.07, 6.45) is 4.50. The van der Waals surface area contributed by atoms with E-state index in [2.05, 4.69) is 6.92 Å². The molecule has 1 aromatic heterocycles. The SMILES string of the molecule is CCOC(=O)C=c1sc(=Cc2c(F)cccc2Cl)c(=O)n1CC(=O)N1CCCC(C)C1. The monoisotopic (exact) mass is 466 g/mol. The highest BCUT2D eigenvalue weighted by Crippen LogP contribution is 2.19. The van der Waals surface area contributed by atoms with Gasteiger partial charge in [0.2, 0.25) is 5.91 Å². The third-order valence-electron chi connectivity index (χ3n) is 5.04. The summed E-state index contributed by atoms with van der Waals surface area (Å²) in [6, 6.07) is 4.24. The summed E-state index contributed by atoms with van der Waals surface area (Å²) in [5, 5.41) is 0.161. The van der Waals surface area contributed by atoms with E-state index < -0.39 is 17.3 Å². The van der Waals surface area contributed by atoms with Crippen LogP contribution in [0.4, 0.5) is 4.39 Å². The van der Waals surface area contributed by atoms with E-state index >= 15 is 0 Å². The van der Waals surface area contributed by atoms with Gasteiger partial charge in [-0.1, -0.05) is 24.6 Å². The lowest BCUT2D eigenvalue weighted by Crippen LogP contribution is -2.44. The molecule has 1 fully saturated rings. The van der Waals surface area contributed by atoms with Crippen LogP contribution in [0.3, 0.4) is 0 Å². The van der Waals surface area contributed by atoms with Gasteiger partial charge >= 0.3 is 5.97 Å². The average Bonchev–Trinajstić information content (AvgIpc) is 2.99. The predicted octanol–water partition coefficient (Wildman–Crippen LogP) is 2.13. The fourth-order valence-electron chi connectivity index (χ4n) is 3.51. The first-order valence-corrected chi connectivity index (χ1v) is 11.3. The number of rotatable bonds is 5. The smallest absolute Gasteiger partial charge is 0.333 e. The number of hydrogen-bond donors (Lipinski definition) is 0. The molecule has 2 heterocycles. The molecular weight excluding hydrogens is 443 g/mol. The maximum Gasteiger partial charge on any atom is 0.333 e. The van der Waals surface area contributed by atoms with E-state index in [9.17, 15) is 18.8 Å². The Bertz CT molecular complexity index is 1140. The zero-order valence-electron chi connectivity index (χ0n) is 17.4. The number of carbonyl (C=O) groups excluding carboxylic acids is 2. The molecule has 1 aromatic carbocycles. The van der Waals surface area contributed by atoms with Crippen LogP contribution >= 0.6 is 22.9 Å². The molecule has 1 atom stereocenters. The van der Waals surface area contributed by atoms with E-state index in [-0.39, 0.29) is 38.8 Å². The van der Waals surface area contributed by atoms with E-state index in [1.54, 1.807) is 11.8 Å². The molecule has 1 amide bonds. The third kappa shape index (κ3) is 5.62. The summed E-state index contributed by atoms with van der Waals surface area (Å²) in [6.45, 7) is 5.02. The molecule has 2 aromatic rings. The van der Waals surface area contributed by atoms with Crippen LogP contribution in [0.15, 0.2) is 23.0 Å². The summed E-state index contributed by atoms with van der Waals surface area (Å²) in [5.74, 6) is -0.983. The number of esters is 1. The molecule has 0 spiro atoms. The van der Waals surface area contributed by atoms with Crippen LogP contribution in [0.2, 0.25) is 5.02 Å². The predicted molar refractivity (Wildman–Crippen MR) is 119 cm³/mol. The van der Waals surface area contributed by atoms with E-state index in [1.807, 2.05) is 0 Å². The summed E-state index contributed by atoms with van der Waals surface area (Å²) in [5.41, 5.74) is -0.410. The quantitative estimate of drug-likeness (QED) is 0.633. The number of halogens is 2. The highest BCUT2D eigenvalue weighted by atomic mass is 35.5. The van der Waals surface area contributed by atoms with Gasteiger partial charge in [0.1, 0.15) is 17.0 Å². The second kappa shape index (κ2) is 10.2. The zero-order chi connectivity index (χ0) is 22.5. The number of thiazole rings is 1. The molecule has 166 valence electrons. The van der Waals surface area contributed by atoms with Crippen LogP contribution in [0.25, 0.3) is 12.2 Å². The van der Waals surface area contributed by atoms with Crippen molar-refractivity contribution in [2.24, 2.45) is 5.92 Å². The summed E-state index contributed by atoms with van der Waals surface area (Å²) in [7, 11) is 0. The minimum Gasteiger partial charge on any atom is -0.463 e. The minimum absolute atomic E-state index is 0.0773. The standard InChI is InChI=1S/C22H24ClFN2O4S/c1-3-30-21(28)11-20-26(13-19(27)25-9-5-6-14(2)12-25)22(29)18(31-20)10-15-16(23)7-4-8-17(15)24/h4,7-8,10-11,14H,3,5-6,9,12-13H2,1-2H3. The molecule has 9 heteroatoms. The van der Waals surface area contributed by atoms with Crippen molar-refractivity contribution in [3.8, 4) is 0 Å². The zero-order valence-corrected chi connectivity index (χ0v) is 19.0. The Kier molecular flexibility index (Phi) is 7.67. The molecule has 3 rings (SSSR count). The number of likely N-dealkylation sites (tertiary alicyclic amines) is 1. The van der Waals surface area contributed by atoms with Gasteiger partial charge in [-0.05, 0) is 43.9 Å². The lowest BCUT2D eigenvalue weighted by molar-refractivity contribution is -0.136. The van der Waals surface area contributed by atoms with Gasteiger partial charge in [-0.15, -0.1) is 11.3 Å². The van der Waals surface area contributed by atoms with Crippen LogP contribution in [0, 0.1) is 11.7 Å². The van der Waals surface area contributed by atoms with E-state index in [0.717, 1.165) is 24.2 Å². The molecule has 1 saturated heterocycles. The molecule has 31 heavy (non-hydrogen) atoms. The average molecular weight is 467 g/mol. The van der Waals surface area contributed by atoms with Crippen molar-refractivity contribution in [3.63, 3.8) is 0 Å². The molecule has 1 unspecified atom stereocenters. The van der Waals surface area contributed by atoms with Gasteiger partial charge in [0.05, 0.1) is 22.2 Å². The first kappa shape index (κ1) is 23.2. The van der Waals surface area contributed by atoms with E-state index in [0.29, 0.717) is 19.0 Å². The Hall–Kier alpha value is -2.45. The maximum absolute atomic E-state index is 14.2. The number of hydrogen-bond acceptors (Lipinski definition) is 5. The Balaban J connectivity index is 2.06. The van der Waals surface area contributed by atoms with Crippen LogP contribution in [0.5, 0.6) is 0 Å². The fourth-order valence-corrected chi connectivity index (χ4v) is 4.74. The Morgan fingerprint density at radius 3 is 2.84 bits per heavy atom. The van der Waals surface area contributed by atoms with Crippen LogP contribution in [0.1, 0.15) is 32.3 Å². The van der Waals surface area contributed by atoms with Crippen molar-refractivity contribution in [2.45, 2.75) is 33.2 Å². The van der Waals surface area contributed by atoms with Gasteiger partial charge in [-0.3, -0.25) is 14.2 Å². The van der Waals surface area contributed by atoms with Crippen LogP contribution in [-0.2, 0) is 20.9 Å². The first-order chi connectivity index (χ1) is 14.8. The van der Waals surface area contributed by atoms with Crippen molar-refractivity contribution < 1.29 is 18.7 Å². The van der Waals surface area contributed by atoms with Crippen molar-refractivity contribution in [1.29, 1.82) is 0 Å². The minimum atomic E-state index is -0.619. The number of ether oxygens (including phenoxy) is 1. The molecule has 1 aliphatic heterocycles. The van der Waals surface area contributed by atoms with Crippen LogP contribution in [-0.4, -0.2) is 41.0 Å². The normalized spacial score (nSPS) is 17.8. The fraction of sp³-hybridized carbons (Fsp3) is 0.409. The second-order valence-corrected chi connectivity index (χ2v) is 8.93. The van der Waals surface area contributed by atoms with E-state index in [1.165, 1.54) is 34.9 Å². The third-order valence-corrected chi connectivity index (χ3v) is 6.43. The molecule has 0 bridgehead atoms. The number of carbonyl (C=O) groups is 2. The van der Waals surface area contributed by atoms with Crippen molar-refractivity contribution >= 4 is 47.0 Å². The van der Waals surface area contributed by atoms with Gasteiger partial charge in [0.25, 0.3) is 5.56 Å². The number of aromatic nitrogens is 1. The Morgan fingerprint density at radius 1 is 1.39 bits per heavy atom. The number of amides is 1. The molecule has 0 N–H and O–H groups in total. The molecule has 0 aliphatic carbocycles. The van der Waals surface area contributed by atoms with Gasteiger partial charge < -0.3 is 9.64 Å². The number of nitrogens with zero attached hydrogens (tertiary/aromatic N) is 2. The van der Waals surface area contributed by atoms with Gasteiger partial charge in [-0.25, -0.2) is 9.18 Å². The molecule has 0 saturated carbocycles. The number of benzene rings is 1.